The van der Waals surface area contributed by atoms with Gasteiger partial charge in [-0.25, -0.2) is 9.59 Å². The SMILES string of the molecule is CCOC(=O)Cc1cscc1C(=O)O.O=C(O)c1cscc1Br. The summed E-state index contributed by atoms with van der Waals surface area (Å²) in [6.45, 7) is 2.02. The Hall–Kier alpha value is -1.71. The molecule has 2 rings (SSSR count). The van der Waals surface area contributed by atoms with E-state index in [1.54, 1.807) is 23.1 Å². The highest BCUT2D eigenvalue weighted by molar-refractivity contribution is 9.10. The van der Waals surface area contributed by atoms with Crippen molar-refractivity contribution in [3.8, 4) is 0 Å². The Kier molecular flexibility index (Phi) is 7.93. The molecular weight excluding hydrogens is 408 g/mol. The smallest absolute Gasteiger partial charge is 0.337 e. The number of carboxylic acid groups (broad SMARTS) is 2. The molecule has 0 bridgehead atoms. The van der Waals surface area contributed by atoms with Gasteiger partial charge < -0.3 is 14.9 Å². The summed E-state index contributed by atoms with van der Waals surface area (Å²) in [5.74, 6) is -2.29. The molecule has 0 saturated heterocycles. The average Bonchev–Trinajstić information content (AvgIpc) is 3.08. The third kappa shape index (κ3) is 6.12. The molecule has 0 aliphatic rings. The van der Waals surface area contributed by atoms with Gasteiger partial charge in [0.05, 0.1) is 24.2 Å². The third-order valence-electron chi connectivity index (χ3n) is 2.46. The van der Waals surface area contributed by atoms with Crippen LogP contribution in [0.2, 0.25) is 0 Å². The molecule has 9 heteroatoms. The van der Waals surface area contributed by atoms with Gasteiger partial charge in [0.25, 0.3) is 0 Å². The summed E-state index contributed by atoms with van der Waals surface area (Å²) in [5.41, 5.74) is 1.03. The normalized spacial score (nSPS) is 9.65. The van der Waals surface area contributed by atoms with Crippen LogP contribution in [-0.4, -0.2) is 34.7 Å². The van der Waals surface area contributed by atoms with Gasteiger partial charge in [-0.1, -0.05) is 0 Å². The number of ether oxygens (including phenoxy) is 1. The van der Waals surface area contributed by atoms with E-state index in [-0.39, 0.29) is 12.0 Å². The highest BCUT2D eigenvalue weighted by atomic mass is 79.9. The van der Waals surface area contributed by atoms with Crippen molar-refractivity contribution >= 4 is 56.5 Å². The van der Waals surface area contributed by atoms with Gasteiger partial charge in [-0.3, -0.25) is 4.79 Å². The molecule has 0 atom stereocenters. The molecule has 0 amide bonds. The van der Waals surface area contributed by atoms with E-state index < -0.39 is 17.9 Å². The van der Waals surface area contributed by atoms with Gasteiger partial charge in [-0.15, -0.1) is 0 Å². The van der Waals surface area contributed by atoms with Crippen molar-refractivity contribution in [2.24, 2.45) is 0 Å². The zero-order valence-corrected chi connectivity index (χ0v) is 15.2. The molecule has 0 saturated carbocycles. The zero-order chi connectivity index (χ0) is 17.4. The van der Waals surface area contributed by atoms with E-state index in [0.29, 0.717) is 22.2 Å². The number of carbonyl (C=O) groups excluding carboxylic acids is 1. The van der Waals surface area contributed by atoms with Crippen molar-refractivity contribution in [1.29, 1.82) is 0 Å². The molecule has 0 aliphatic heterocycles. The molecular formula is C14H13BrO6S2. The van der Waals surface area contributed by atoms with Gasteiger partial charge in [-0.2, -0.15) is 22.7 Å². The van der Waals surface area contributed by atoms with Crippen molar-refractivity contribution < 1.29 is 29.3 Å². The van der Waals surface area contributed by atoms with Gasteiger partial charge >= 0.3 is 17.9 Å². The number of aromatic carboxylic acids is 2. The van der Waals surface area contributed by atoms with Crippen LogP contribution in [0.25, 0.3) is 0 Å². The fraction of sp³-hybridized carbons (Fsp3) is 0.214. The molecule has 2 heterocycles. The molecule has 2 aromatic rings. The summed E-state index contributed by atoms with van der Waals surface area (Å²) >= 11 is 5.73. The summed E-state index contributed by atoms with van der Waals surface area (Å²) in [4.78, 5) is 32.0. The quantitative estimate of drug-likeness (QED) is 0.713. The van der Waals surface area contributed by atoms with Gasteiger partial charge in [0.1, 0.15) is 0 Å². The van der Waals surface area contributed by atoms with E-state index in [4.69, 9.17) is 14.9 Å². The molecule has 0 aromatic carbocycles. The molecule has 0 radical (unpaired) electrons. The van der Waals surface area contributed by atoms with Gasteiger partial charge in [0.2, 0.25) is 0 Å². The number of thiophene rings is 2. The largest absolute Gasteiger partial charge is 0.478 e. The minimum absolute atomic E-state index is 0.0268. The first-order valence-corrected chi connectivity index (χ1v) is 8.93. The lowest BCUT2D eigenvalue weighted by Gasteiger charge is -2.00. The van der Waals surface area contributed by atoms with Crippen LogP contribution >= 0.6 is 38.6 Å². The van der Waals surface area contributed by atoms with Crippen LogP contribution in [0.1, 0.15) is 33.2 Å². The van der Waals surface area contributed by atoms with Gasteiger partial charge in [0.15, 0.2) is 0 Å². The number of carbonyl (C=O) groups is 3. The van der Waals surface area contributed by atoms with E-state index in [0.717, 1.165) is 0 Å². The minimum Gasteiger partial charge on any atom is -0.478 e. The lowest BCUT2D eigenvalue weighted by Crippen LogP contribution is -2.09. The predicted molar refractivity (Wildman–Crippen MR) is 90.6 cm³/mol. The van der Waals surface area contributed by atoms with Crippen molar-refractivity contribution in [2.45, 2.75) is 13.3 Å². The lowest BCUT2D eigenvalue weighted by atomic mass is 10.1. The maximum atomic E-state index is 11.1. The van der Waals surface area contributed by atoms with Gasteiger partial charge in [-0.05, 0) is 33.8 Å². The van der Waals surface area contributed by atoms with Crippen LogP contribution < -0.4 is 0 Å². The van der Waals surface area contributed by atoms with Crippen LogP contribution in [0.5, 0.6) is 0 Å². The topological polar surface area (TPSA) is 101 Å². The molecule has 0 spiro atoms. The van der Waals surface area contributed by atoms with Crippen LogP contribution in [-0.2, 0) is 16.0 Å². The molecule has 0 fully saturated rings. The molecule has 2 N–H and O–H groups in total. The van der Waals surface area contributed by atoms with Crippen molar-refractivity contribution in [2.75, 3.05) is 6.61 Å². The Morgan fingerprint density at radius 2 is 1.61 bits per heavy atom. The fourth-order valence-electron chi connectivity index (χ4n) is 1.45. The lowest BCUT2D eigenvalue weighted by molar-refractivity contribution is -0.142. The standard InChI is InChI=1S/C9H10O4S.C5H3BrO2S/c1-2-13-8(10)3-6-4-14-5-7(6)9(11)12;6-4-2-9-1-3(4)5(7)8/h4-5H,2-3H2,1H3,(H,11,12);1-2H,(H,7,8). The summed E-state index contributed by atoms with van der Waals surface area (Å²) in [6, 6.07) is 0. The first-order chi connectivity index (χ1) is 10.9. The predicted octanol–water partition coefficient (Wildman–Crippen LogP) is 3.76. The summed E-state index contributed by atoms with van der Waals surface area (Å²) < 4.78 is 5.38. The molecule has 124 valence electrons. The van der Waals surface area contributed by atoms with E-state index in [2.05, 4.69) is 15.9 Å². The maximum absolute atomic E-state index is 11.1. The molecule has 23 heavy (non-hydrogen) atoms. The molecule has 6 nitrogen and oxygen atoms in total. The summed E-state index contributed by atoms with van der Waals surface area (Å²) in [7, 11) is 0. The zero-order valence-electron chi connectivity index (χ0n) is 11.9. The van der Waals surface area contributed by atoms with Gasteiger partial charge in [0, 0.05) is 20.6 Å². The minimum atomic E-state index is -1.01. The first kappa shape index (κ1) is 19.3. The average molecular weight is 421 g/mol. The highest BCUT2D eigenvalue weighted by Crippen LogP contribution is 2.20. The van der Waals surface area contributed by atoms with Crippen LogP contribution in [0.15, 0.2) is 26.0 Å². The number of hydrogen-bond donors (Lipinski definition) is 2. The second-order valence-corrected chi connectivity index (χ2v) is 6.38. The maximum Gasteiger partial charge on any atom is 0.337 e. The number of carboxylic acids is 2. The molecule has 2 aromatic heterocycles. The monoisotopic (exact) mass is 420 g/mol. The number of esters is 1. The van der Waals surface area contributed by atoms with Crippen LogP contribution in [0, 0.1) is 0 Å². The second kappa shape index (κ2) is 9.43. The van der Waals surface area contributed by atoms with E-state index >= 15 is 0 Å². The van der Waals surface area contributed by atoms with E-state index in [1.807, 2.05) is 0 Å². The van der Waals surface area contributed by atoms with Crippen LogP contribution in [0.3, 0.4) is 0 Å². The highest BCUT2D eigenvalue weighted by Gasteiger charge is 2.14. The Morgan fingerprint density at radius 3 is 2.04 bits per heavy atom. The van der Waals surface area contributed by atoms with Crippen molar-refractivity contribution in [1.82, 2.24) is 0 Å². The number of hydrogen-bond acceptors (Lipinski definition) is 6. The van der Waals surface area contributed by atoms with E-state index in [9.17, 15) is 14.4 Å². The Bertz CT molecular complexity index is 691. The number of rotatable bonds is 5. The van der Waals surface area contributed by atoms with E-state index in [1.165, 1.54) is 28.1 Å². The Morgan fingerprint density at radius 1 is 1.04 bits per heavy atom. The van der Waals surface area contributed by atoms with Crippen molar-refractivity contribution in [3.63, 3.8) is 0 Å². The Balaban J connectivity index is 0.000000253. The van der Waals surface area contributed by atoms with Crippen molar-refractivity contribution in [3.05, 3.63) is 42.7 Å². The number of halogens is 1. The summed E-state index contributed by atoms with van der Waals surface area (Å²) in [6.07, 6.45) is 0.0268. The first-order valence-electron chi connectivity index (χ1n) is 6.25. The molecule has 0 aliphatic carbocycles. The fourth-order valence-corrected chi connectivity index (χ4v) is 3.72. The second-order valence-electron chi connectivity index (χ2n) is 4.04. The third-order valence-corrected chi connectivity index (χ3v) is 4.95. The van der Waals surface area contributed by atoms with Crippen LogP contribution in [0.4, 0.5) is 0 Å². The summed E-state index contributed by atoms with van der Waals surface area (Å²) in [5, 5.41) is 23.7. The Labute approximate surface area is 148 Å². The molecule has 0 unspecified atom stereocenters.